The van der Waals surface area contributed by atoms with E-state index in [1.54, 1.807) is 0 Å². The number of fused-ring (bicyclic) bond motifs is 2. The van der Waals surface area contributed by atoms with Crippen LogP contribution in [0.15, 0.2) is 34.9 Å². The standard InChI is InChI=1S/C28H31N3O4/c1-3-34-28(33)18-7-6-12-31(16-18)22-15-21(30-13-10-17(2)11-14-30)23-24-25(22)29-35-27(24)20-9-5-4-8-19(20)26(23)32/h4-5,8-9,15,17-18H,3,6-7,10-14,16H2,1-2H3/t18-/m0/s1. The van der Waals surface area contributed by atoms with Crippen LogP contribution in [0.5, 0.6) is 0 Å². The zero-order valence-electron chi connectivity index (χ0n) is 20.4. The van der Waals surface area contributed by atoms with Crippen molar-refractivity contribution in [3.05, 3.63) is 41.5 Å². The fourth-order valence-electron chi connectivity index (χ4n) is 5.91. The van der Waals surface area contributed by atoms with Crippen LogP contribution in [0.1, 0.15) is 55.5 Å². The molecule has 2 fully saturated rings. The molecule has 1 aliphatic carbocycles. The number of ether oxygens (including phenoxy) is 1. The van der Waals surface area contributed by atoms with E-state index in [0.717, 1.165) is 67.6 Å². The van der Waals surface area contributed by atoms with Gasteiger partial charge in [0.2, 0.25) is 0 Å². The summed E-state index contributed by atoms with van der Waals surface area (Å²) in [5.74, 6) is 1.07. The van der Waals surface area contributed by atoms with E-state index in [1.165, 1.54) is 0 Å². The van der Waals surface area contributed by atoms with Crippen molar-refractivity contribution < 1.29 is 18.8 Å². The van der Waals surface area contributed by atoms with Gasteiger partial charge in [-0.2, -0.15) is 0 Å². The summed E-state index contributed by atoms with van der Waals surface area (Å²) in [5.41, 5.74) is 4.77. The first kappa shape index (κ1) is 22.1. The molecule has 0 spiro atoms. The Balaban J connectivity index is 1.52. The molecule has 0 saturated carbocycles. The van der Waals surface area contributed by atoms with Crippen LogP contribution in [0.2, 0.25) is 0 Å². The van der Waals surface area contributed by atoms with Crippen molar-refractivity contribution in [2.75, 3.05) is 42.6 Å². The summed E-state index contributed by atoms with van der Waals surface area (Å²) >= 11 is 0. The van der Waals surface area contributed by atoms with Gasteiger partial charge in [0.15, 0.2) is 11.5 Å². The summed E-state index contributed by atoms with van der Waals surface area (Å²) in [5, 5.41) is 5.30. The second-order valence-corrected chi connectivity index (χ2v) is 10.1. The molecule has 3 aromatic rings. The zero-order chi connectivity index (χ0) is 24.1. The molecule has 7 nitrogen and oxygen atoms in total. The van der Waals surface area contributed by atoms with Gasteiger partial charge in [0.05, 0.1) is 34.8 Å². The molecule has 3 heterocycles. The zero-order valence-corrected chi connectivity index (χ0v) is 20.4. The first-order valence-electron chi connectivity index (χ1n) is 12.8. The van der Waals surface area contributed by atoms with Gasteiger partial charge >= 0.3 is 5.97 Å². The summed E-state index contributed by atoms with van der Waals surface area (Å²) in [6.07, 6.45) is 3.92. The molecule has 35 heavy (non-hydrogen) atoms. The lowest BCUT2D eigenvalue weighted by Crippen LogP contribution is -2.40. The number of esters is 1. The van der Waals surface area contributed by atoms with Crippen molar-refractivity contribution in [1.29, 1.82) is 0 Å². The molecule has 0 amide bonds. The summed E-state index contributed by atoms with van der Waals surface area (Å²) < 4.78 is 11.3. The molecule has 1 aromatic heterocycles. The van der Waals surface area contributed by atoms with Gasteiger partial charge < -0.3 is 19.1 Å². The number of rotatable bonds is 4. The average Bonchev–Trinajstić information content (AvgIpc) is 3.33. The largest absolute Gasteiger partial charge is 0.466 e. The lowest BCUT2D eigenvalue weighted by Gasteiger charge is -2.37. The van der Waals surface area contributed by atoms with Crippen molar-refractivity contribution in [1.82, 2.24) is 5.16 Å². The number of aromatic nitrogens is 1. The van der Waals surface area contributed by atoms with Crippen LogP contribution >= 0.6 is 0 Å². The maximum Gasteiger partial charge on any atom is 0.310 e. The first-order valence-corrected chi connectivity index (χ1v) is 12.8. The highest BCUT2D eigenvalue weighted by Crippen LogP contribution is 2.47. The first-order chi connectivity index (χ1) is 17.1. The van der Waals surface area contributed by atoms with Crippen LogP contribution < -0.4 is 9.80 Å². The maximum atomic E-state index is 13.9. The fraction of sp³-hybridized carbons (Fsp3) is 0.464. The van der Waals surface area contributed by atoms with Crippen LogP contribution in [-0.4, -0.2) is 49.7 Å². The van der Waals surface area contributed by atoms with E-state index in [2.05, 4.69) is 27.9 Å². The second-order valence-electron chi connectivity index (χ2n) is 10.1. The van der Waals surface area contributed by atoms with E-state index < -0.39 is 0 Å². The molecule has 3 aliphatic rings. The molecule has 0 N–H and O–H groups in total. The van der Waals surface area contributed by atoms with Crippen molar-refractivity contribution in [3.63, 3.8) is 0 Å². The average molecular weight is 474 g/mol. The molecule has 0 bridgehead atoms. The van der Waals surface area contributed by atoms with Gasteiger partial charge in [-0.25, -0.2) is 0 Å². The highest BCUT2D eigenvalue weighted by Gasteiger charge is 2.36. The summed E-state index contributed by atoms with van der Waals surface area (Å²) in [4.78, 5) is 31.0. The highest BCUT2D eigenvalue weighted by molar-refractivity contribution is 6.28. The van der Waals surface area contributed by atoms with E-state index in [0.29, 0.717) is 41.5 Å². The van der Waals surface area contributed by atoms with E-state index in [1.807, 2.05) is 31.2 Å². The third kappa shape index (κ3) is 3.60. The van der Waals surface area contributed by atoms with Crippen LogP contribution in [-0.2, 0) is 9.53 Å². The Kier molecular flexibility index (Phi) is 5.50. The third-order valence-corrected chi connectivity index (χ3v) is 7.86. The number of hydrogen-bond donors (Lipinski definition) is 0. The third-order valence-electron chi connectivity index (χ3n) is 7.86. The Morgan fingerprint density at radius 2 is 1.86 bits per heavy atom. The van der Waals surface area contributed by atoms with Crippen molar-refractivity contribution in [3.8, 4) is 11.3 Å². The van der Waals surface area contributed by atoms with E-state index in [4.69, 9.17) is 9.26 Å². The van der Waals surface area contributed by atoms with Gasteiger partial charge in [-0.1, -0.05) is 36.3 Å². The van der Waals surface area contributed by atoms with Crippen LogP contribution in [0.4, 0.5) is 11.4 Å². The van der Waals surface area contributed by atoms with Gasteiger partial charge in [0.25, 0.3) is 0 Å². The second kappa shape index (κ2) is 8.70. The predicted molar refractivity (Wildman–Crippen MR) is 135 cm³/mol. The Morgan fingerprint density at radius 1 is 1.09 bits per heavy atom. The topological polar surface area (TPSA) is 75.9 Å². The SMILES string of the molecule is CCOC(=O)[C@H]1CCCN(c2cc(N3CCC(C)CC3)c3c4c(onc24)-c2ccccc2C3=O)C1. The molecule has 2 aliphatic heterocycles. The number of benzene rings is 2. The Morgan fingerprint density at radius 3 is 2.63 bits per heavy atom. The van der Waals surface area contributed by atoms with E-state index in [-0.39, 0.29) is 17.7 Å². The number of piperidine rings is 2. The minimum absolute atomic E-state index is 0.0320. The molecule has 1 atom stereocenters. The Hall–Kier alpha value is -3.35. The van der Waals surface area contributed by atoms with Crippen LogP contribution in [0.3, 0.4) is 0 Å². The Labute approximate surface area is 205 Å². The minimum atomic E-state index is -0.167. The molecule has 0 unspecified atom stereocenters. The van der Waals surface area contributed by atoms with Crippen LogP contribution in [0, 0.1) is 11.8 Å². The summed E-state index contributed by atoms with van der Waals surface area (Å²) in [7, 11) is 0. The van der Waals surface area contributed by atoms with Crippen molar-refractivity contribution >= 4 is 34.0 Å². The van der Waals surface area contributed by atoms with Gasteiger partial charge in [0.1, 0.15) is 5.52 Å². The van der Waals surface area contributed by atoms with Gasteiger partial charge in [0, 0.05) is 37.3 Å². The maximum absolute atomic E-state index is 13.9. The monoisotopic (exact) mass is 473 g/mol. The highest BCUT2D eigenvalue weighted by atomic mass is 16.5. The van der Waals surface area contributed by atoms with E-state index >= 15 is 0 Å². The van der Waals surface area contributed by atoms with Gasteiger partial charge in [-0.15, -0.1) is 0 Å². The number of hydrogen-bond acceptors (Lipinski definition) is 7. The molecule has 2 aromatic carbocycles. The van der Waals surface area contributed by atoms with Crippen molar-refractivity contribution in [2.24, 2.45) is 11.8 Å². The number of anilines is 2. The van der Waals surface area contributed by atoms with E-state index in [9.17, 15) is 9.59 Å². The molecule has 2 saturated heterocycles. The summed E-state index contributed by atoms with van der Waals surface area (Å²) in [6.45, 7) is 7.76. The molecule has 0 radical (unpaired) electrons. The smallest absolute Gasteiger partial charge is 0.310 e. The lowest BCUT2D eigenvalue weighted by molar-refractivity contribution is -0.148. The van der Waals surface area contributed by atoms with Gasteiger partial charge in [-0.3, -0.25) is 9.59 Å². The predicted octanol–water partition coefficient (Wildman–Crippen LogP) is 5.06. The van der Waals surface area contributed by atoms with Gasteiger partial charge in [-0.05, 0) is 44.6 Å². The fourth-order valence-corrected chi connectivity index (χ4v) is 5.91. The van der Waals surface area contributed by atoms with Crippen molar-refractivity contribution in [2.45, 2.75) is 39.5 Å². The summed E-state index contributed by atoms with van der Waals surface area (Å²) in [6, 6.07) is 9.76. The molecule has 6 rings (SSSR count). The number of nitrogens with zero attached hydrogens (tertiary/aromatic N) is 3. The lowest BCUT2D eigenvalue weighted by atomic mass is 9.85. The number of ketones is 1. The van der Waals surface area contributed by atoms with Crippen LogP contribution in [0.25, 0.3) is 22.2 Å². The molecule has 7 heteroatoms. The number of carbonyl (C=O) groups excluding carboxylic acids is 2. The number of carbonyl (C=O) groups is 2. The minimum Gasteiger partial charge on any atom is -0.466 e. The molecular formula is C28H31N3O4. The molecular weight excluding hydrogens is 442 g/mol. The normalized spacial score (nSPS) is 20.3. The quantitative estimate of drug-likeness (QED) is 0.384. The molecule has 182 valence electrons. The Bertz CT molecular complexity index is 1310.